The summed E-state index contributed by atoms with van der Waals surface area (Å²) in [5.41, 5.74) is 3.63. The number of carbonyl (C=O) groups excluding carboxylic acids is 1. The Labute approximate surface area is 186 Å². The first-order valence-corrected chi connectivity index (χ1v) is 12.8. The van der Waals surface area contributed by atoms with Crippen molar-refractivity contribution in [3.63, 3.8) is 0 Å². The van der Waals surface area contributed by atoms with E-state index < -0.39 is 21.5 Å². The zero-order valence-corrected chi connectivity index (χ0v) is 19.1. The summed E-state index contributed by atoms with van der Waals surface area (Å²) in [6.07, 6.45) is 1.24. The number of nitrogens with one attached hydrogen (secondary N) is 1. The summed E-state index contributed by atoms with van der Waals surface area (Å²) in [6, 6.07) is 18.3. The summed E-state index contributed by atoms with van der Waals surface area (Å²) in [5, 5.41) is 2.77. The van der Waals surface area contributed by atoms with Crippen molar-refractivity contribution in [2.45, 2.75) is 19.8 Å². The van der Waals surface area contributed by atoms with E-state index in [0.717, 1.165) is 38.3 Å². The average molecular weight is 444 g/mol. The van der Waals surface area contributed by atoms with Gasteiger partial charge in [0.05, 0.1) is 5.75 Å². The molecule has 7 heteroatoms. The number of rotatable bonds is 10. The smallest absolute Gasteiger partial charge is 0.235 e. The van der Waals surface area contributed by atoms with Crippen LogP contribution < -0.4 is 10.2 Å². The van der Waals surface area contributed by atoms with E-state index in [4.69, 9.17) is 0 Å². The molecule has 2 aromatic carbocycles. The van der Waals surface area contributed by atoms with Gasteiger partial charge in [-0.1, -0.05) is 42.5 Å². The Kier molecular flexibility index (Phi) is 8.49. The summed E-state index contributed by atoms with van der Waals surface area (Å²) in [7, 11) is -3.38. The third-order valence-electron chi connectivity index (χ3n) is 5.60. The minimum atomic E-state index is -3.38. The van der Waals surface area contributed by atoms with Crippen LogP contribution in [0.2, 0.25) is 0 Å². The van der Waals surface area contributed by atoms with Gasteiger partial charge in [-0.15, -0.1) is 0 Å². The highest BCUT2D eigenvalue weighted by molar-refractivity contribution is 7.92. The normalized spacial score (nSPS) is 15.1. The molecule has 1 N–H and O–H groups in total. The number of anilines is 1. The average Bonchev–Trinajstić information content (AvgIpc) is 2.74. The molecule has 1 amide bonds. The quantitative estimate of drug-likeness (QED) is 0.610. The van der Waals surface area contributed by atoms with Crippen LogP contribution in [0.3, 0.4) is 0 Å². The van der Waals surface area contributed by atoms with E-state index in [1.54, 1.807) is 0 Å². The maximum atomic E-state index is 12.2. The molecular formula is C24H33N3O3S. The Morgan fingerprint density at radius 2 is 1.74 bits per heavy atom. The second-order valence-corrected chi connectivity index (χ2v) is 10.4. The van der Waals surface area contributed by atoms with E-state index in [-0.39, 0.29) is 5.75 Å². The van der Waals surface area contributed by atoms with Gasteiger partial charge >= 0.3 is 0 Å². The number of aryl methyl sites for hydroxylation is 2. The fourth-order valence-electron chi connectivity index (χ4n) is 3.87. The molecule has 1 aliphatic heterocycles. The van der Waals surface area contributed by atoms with Crippen molar-refractivity contribution in [3.05, 3.63) is 65.7 Å². The van der Waals surface area contributed by atoms with Crippen molar-refractivity contribution in [2.24, 2.45) is 0 Å². The zero-order chi connectivity index (χ0) is 22.1. The molecule has 0 atom stereocenters. The van der Waals surface area contributed by atoms with E-state index in [9.17, 15) is 13.2 Å². The highest BCUT2D eigenvalue weighted by Gasteiger charge is 2.19. The van der Waals surface area contributed by atoms with Crippen LogP contribution in [0.15, 0.2) is 54.6 Å². The van der Waals surface area contributed by atoms with Crippen LogP contribution in [0.5, 0.6) is 0 Å². The van der Waals surface area contributed by atoms with Gasteiger partial charge in [-0.05, 0) is 43.0 Å². The number of hydrogen-bond donors (Lipinski definition) is 1. The number of hydrogen-bond acceptors (Lipinski definition) is 5. The Morgan fingerprint density at radius 3 is 2.45 bits per heavy atom. The molecule has 2 aromatic rings. The van der Waals surface area contributed by atoms with Gasteiger partial charge in [-0.25, -0.2) is 8.42 Å². The molecule has 0 aliphatic carbocycles. The van der Waals surface area contributed by atoms with Crippen molar-refractivity contribution < 1.29 is 13.2 Å². The van der Waals surface area contributed by atoms with E-state index in [2.05, 4.69) is 46.3 Å². The second kappa shape index (κ2) is 11.3. The Bertz CT molecular complexity index is 940. The monoisotopic (exact) mass is 443 g/mol. The SMILES string of the molecule is Cc1cccc(N2CCN(CCNC(=O)CS(=O)(=O)CCCc3ccccc3)CC2)c1. The minimum Gasteiger partial charge on any atom is -0.369 e. The Balaban J connectivity index is 1.31. The fourth-order valence-corrected chi connectivity index (χ4v) is 5.10. The molecule has 0 radical (unpaired) electrons. The second-order valence-electron chi connectivity index (χ2n) is 8.20. The number of piperazine rings is 1. The fraction of sp³-hybridized carbons (Fsp3) is 0.458. The molecule has 6 nitrogen and oxygen atoms in total. The Morgan fingerprint density at radius 1 is 1.00 bits per heavy atom. The molecule has 168 valence electrons. The number of amides is 1. The lowest BCUT2D eigenvalue weighted by Gasteiger charge is -2.36. The first-order chi connectivity index (χ1) is 14.9. The summed E-state index contributed by atoms with van der Waals surface area (Å²) in [6.45, 7) is 7.08. The van der Waals surface area contributed by atoms with Gasteiger partial charge in [0.15, 0.2) is 9.84 Å². The number of benzene rings is 2. The summed E-state index contributed by atoms with van der Waals surface area (Å²) < 4.78 is 24.4. The first-order valence-electron chi connectivity index (χ1n) is 11.0. The van der Waals surface area contributed by atoms with Crippen LogP contribution in [0, 0.1) is 6.92 Å². The summed E-state index contributed by atoms with van der Waals surface area (Å²) >= 11 is 0. The number of sulfone groups is 1. The Hall–Kier alpha value is -2.38. The molecule has 0 spiro atoms. The highest BCUT2D eigenvalue weighted by Crippen LogP contribution is 2.17. The van der Waals surface area contributed by atoms with Crippen LogP contribution in [0.25, 0.3) is 0 Å². The van der Waals surface area contributed by atoms with Gasteiger partial charge < -0.3 is 10.2 Å². The van der Waals surface area contributed by atoms with Gasteiger partial charge in [-0.2, -0.15) is 0 Å². The van der Waals surface area contributed by atoms with Crippen LogP contribution in [0.1, 0.15) is 17.5 Å². The zero-order valence-electron chi connectivity index (χ0n) is 18.3. The molecule has 1 saturated heterocycles. The topological polar surface area (TPSA) is 69.7 Å². The van der Waals surface area contributed by atoms with Crippen LogP contribution in [-0.4, -0.2) is 70.0 Å². The van der Waals surface area contributed by atoms with E-state index in [1.165, 1.54) is 11.3 Å². The standard InChI is InChI=1S/C24H33N3O3S/c1-21-7-5-11-23(19-21)27-16-14-26(15-17-27)13-12-25-24(28)20-31(29,30)18-6-10-22-8-3-2-4-9-22/h2-5,7-9,11,19H,6,10,12-18,20H2,1H3,(H,25,28). The number of carbonyl (C=O) groups is 1. The van der Waals surface area contributed by atoms with Gasteiger partial charge in [0.1, 0.15) is 5.75 Å². The van der Waals surface area contributed by atoms with Crippen molar-refractivity contribution in [1.29, 1.82) is 0 Å². The van der Waals surface area contributed by atoms with Gasteiger partial charge in [0.25, 0.3) is 0 Å². The lowest BCUT2D eigenvalue weighted by Crippen LogP contribution is -2.48. The largest absolute Gasteiger partial charge is 0.369 e. The maximum Gasteiger partial charge on any atom is 0.235 e. The van der Waals surface area contributed by atoms with Crippen LogP contribution >= 0.6 is 0 Å². The predicted octanol–water partition coefficient (Wildman–Crippen LogP) is 2.28. The lowest BCUT2D eigenvalue weighted by atomic mass is 10.1. The maximum absolute atomic E-state index is 12.2. The third kappa shape index (κ3) is 7.99. The molecule has 0 aromatic heterocycles. The molecular weight excluding hydrogens is 410 g/mol. The molecule has 1 fully saturated rings. The van der Waals surface area contributed by atoms with Crippen molar-refractivity contribution in [1.82, 2.24) is 10.2 Å². The predicted molar refractivity (Wildman–Crippen MR) is 126 cm³/mol. The van der Waals surface area contributed by atoms with E-state index >= 15 is 0 Å². The van der Waals surface area contributed by atoms with Crippen molar-refractivity contribution >= 4 is 21.4 Å². The van der Waals surface area contributed by atoms with Crippen molar-refractivity contribution in [3.8, 4) is 0 Å². The molecule has 31 heavy (non-hydrogen) atoms. The summed E-state index contributed by atoms with van der Waals surface area (Å²) in [4.78, 5) is 16.8. The first kappa shape index (κ1) is 23.3. The third-order valence-corrected chi connectivity index (χ3v) is 7.22. The van der Waals surface area contributed by atoms with Gasteiger partial charge in [0.2, 0.25) is 5.91 Å². The van der Waals surface area contributed by atoms with E-state index in [0.29, 0.717) is 19.4 Å². The van der Waals surface area contributed by atoms with Crippen LogP contribution in [-0.2, 0) is 21.1 Å². The van der Waals surface area contributed by atoms with E-state index in [1.807, 2.05) is 30.3 Å². The lowest BCUT2D eigenvalue weighted by molar-refractivity contribution is -0.118. The van der Waals surface area contributed by atoms with Crippen molar-refractivity contribution in [2.75, 3.05) is 55.7 Å². The molecule has 0 unspecified atom stereocenters. The minimum absolute atomic E-state index is 0.0379. The number of nitrogens with zero attached hydrogens (tertiary/aromatic N) is 2. The highest BCUT2D eigenvalue weighted by atomic mass is 32.2. The molecule has 0 saturated carbocycles. The molecule has 0 bridgehead atoms. The van der Waals surface area contributed by atoms with Crippen LogP contribution in [0.4, 0.5) is 5.69 Å². The van der Waals surface area contributed by atoms with Gasteiger partial charge in [-0.3, -0.25) is 9.69 Å². The molecule has 1 heterocycles. The summed E-state index contributed by atoms with van der Waals surface area (Å²) in [5.74, 6) is -0.794. The van der Waals surface area contributed by atoms with Gasteiger partial charge in [0, 0.05) is 45.0 Å². The molecule has 1 aliphatic rings. The molecule has 3 rings (SSSR count).